The molecule has 0 aliphatic heterocycles. The van der Waals surface area contributed by atoms with Gasteiger partial charge < -0.3 is 6.15 Å². The monoisotopic (exact) mass is 355 g/mol. The summed E-state index contributed by atoms with van der Waals surface area (Å²) in [5.74, 6) is 0. The van der Waals surface area contributed by atoms with Crippen molar-refractivity contribution in [2.75, 3.05) is 0 Å². The van der Waals surface area contributed by atoms with Gasteiger partial charge in [-0.15, -0.1) is 0 Å². The molecule has 0 aromatic rings. The molecule has 0 unspecified atom stereocenters. The molecule has 0 aromatic heterocycles. The van der Waals surface area contributed by atoms with Crippen molar-refractivity contribution in [2.24, 2.45) is 0 Å². The van der Waals surface area contributed by atoms with Crippen LogP contribution in [0.3, 0.4) is 0 Å². The van der Waals surface area contributed by atoms with Gasteiger partial charge in [-0.05, 0) is 0 Å². The van der Waals surface area contributed by atoms with Gasteiger partial charge in [0, 0.05) is 0 Å². The molecule has 0 saturated carbocycles. The Labute approximate surface area is 56.4 Å². The quantitative estimate of drug-likeness (QED) is 0.496. The Bertz CT molecular complexity index is 75.8. The summed E-state index contributed by atoms with van der Waals surface area (Å²) in [4.78, 5) is 0. The molecule has 50 valence electrons. The fourth-order valence-electron chi connectivity index (χ4n) is 0. The second-order valence-corrected chi connectivity index (χ2v) is 4.89. The first kappa shape index (κ1) is 10.8. The van der Waals surface area contributed by atoms with Crippen molar-refractivity contribution in [1.29, 1.82) is 0 Å². The first-order chi connectivity index (χ1) is 2.56. The minimum absolute atomic E-state index is 0. The van der Waals surface area contributed by atoms with Crippen LogP contribution in [0.4, 0.5) is 0 Å². The van der Waals surface area contributed by atoms with Gasteiger partial charge in [-0.1, -0.05) is 0 Å². The van der Waals surface area contributed by atoms with E-state index in [1.807, 2.05) is 0 Å². The third-order valence-electron chi connectivity index (χ3n) is 0.0717. The molecule has 0 fully saturated rings. The average Bonchev–Trinajstić information content (AvgIpc) is 1.35. The van der Waals surface area contributed by atoms with E-state index in [0.29, 0.717) is 0 Å². The van der Waals surface area contributed by atoms with Crippen LogP contribution >= 0.6 is 0 Å². The molecule has 0 aliphatic carbocycles. The van der Waals surface area contributed by atoms with Crippen molar-refractivity contribution in [1.82, 2.24) is 6.15 Å². The number of hydrogen-bond donors (Lipinski definition) is 3. The first-order valence-corrected chi connectivity index (χ1v) is 4.98. The number of rotatable bonds is 1. The van der Waals surface area contributed by atoms with Crippen molar-refractivity contribution < 1.29 is 35.6 Å². The maximum absolute atomic E-state index is 9.52. The molecule has 0 aromatic carbocycles. The standard InChI is InChI=1S/AsH3O4.Au.H3N/c2-1(3,4)5;;/h(H3,2,3,4,5);;1H3/q;+1;/p-1. The van der Waals surface area contributed by atoms with Gasteiger partial charge >= 0.3 is 50.1 Å². The zero-order valence-corrected chi connectivity index (χ0v) is 7.21. The van der Waals surface area contributed by atoms with Gasteiger partial charge in [-0.3, -0.25) is 0 Å². The minimum atomic E-state index is -4.68. The third kappa shape index (κ3) is 10.9. The van der Waals surface area contributed by atoms with E-state index in [1.165, 1.54) is 21.5 Å². The molecule has 5 nitrogen and oxygen atoms in total. The van der Waals surface area contributed by atoms with Crippen LogP contribution in [-0.4, -0.2) is 22.7 Å². The van der Waals surface area contributed by atoms with Gasteiger partial charge in [-0.25, -0.2) is 0 Å². The van der Waals surface area contributed by atoms with Gasteiger partial charge in [0.2, 0.25) is 0 Å². The Morgan fingerprint density at radius 1 is 1.57 bits per heavy atom. The molecule has 0 heterocycles. The first-order valence-electron chi connectivity index (χ1n) is 0.888. The second-order valence-electron chi connectivity index (χ2n) is 0.546. The summed E-state index contributed by atoms with van der Waals surface area (Å²) in [7, 11) is 0. The average molecular weight is 355 g/mol. The fraction of sp³-hybridized carbons (Fsp3) is 0. The van der Waals surface area contributed by atoms with E-state index < -0.39 is 14.5 Å². The molecule has 0 atom stereocenters. The van der Waals surface area contributed by atoms with E-state index in [-0.39, 0.29) is 6.15 Å². The normalized spacial score (nSPS) is 10.3. The van der Waals surface area contributed by atoms with Crippen molar-refractivity contribution in [3.63, 3.8) is 0 Å². The van der Waals surface area contributed by atoms with E-state index in [4.69, 9.17) is 8.19 Å². The van der Waals surface area contributed by atoms with Crippen LogP contribution in [0.25, 0.3) is 0 Å². The Hall–Kier alpha value is 0.939. The van der Waals surface area contributed by atoms with E-state index in [9.17, 15) is 3.74 Å². The van der Waals surface area contributed by atoms with Crippen molar-refractivity contribution in [3.05, 3.63) is 0 Å². The van der Waals surface area contributed by atoms with Crippen molar-refractivity contribution in [3.8, 4) is 0 Å². The Balaban J connectivity index is 0. The fourth-order valence-corrected chi connectivity index (χ4v) is 0. The van der Waals surface area contributed by atoms with Crippen molar-refractivity contribution >= 4 is 14.5 Å². The van der Waals surface area contributed by atoms with E-state index in [0.717, 1.165) is 0 Å². The summed E-state index contributed by atoms with van der Waals surface area (Å²) in [6.07, 6.45) is 0. The zero-order valence-electron chi connectivity index (χ0n) is 3.17. The zero-order chi connectivity index (χ0) is 5.21. The third-order valence-corrected chi connectivity index (χ3v) is 3.05. The second kappa shape index (κ2) is 3.88. The van der Waals surface area contributed by atoms with Gasteiger partial charge in [0.05, 0.1) is 0 Å². The molecule has 0 spiro atoms. The molecule has 0 saturated heterocycles. The van der Waals surface area contributed by atoms with Crippen LogP contribution in [0.15, 0.2) is 0 Å². The molecule has 5 N–H and O–H groups in total. The van der Waals surface area contributed by atoms with E-state index >= 15 is 0 Å². The summed E-state index contributed by atoms with van der Waals surface area (Å²) in [6.45, 7) is 0. The van der Waals surface area contributed by atoms with Crippen LogP contribution in [0.2, 0.25) is 0 Å². The van der Waals surface area contributed by atoms with Crippen LogP contribution in [0.1, 0.15) is 0 Å². The predicted molar refractivity (Wildman–Crippen MR) is 17.0 cm³/mol. The van der Waals surface area contributed by atoms with Crippen LogP contribution in [-0.2, 0) is 27.4 Å². The molecule has 0 rings (SSSR count). The summed E-state index contributed by atoms with van der Waals surface area (Å²) in [5.41, 5.74) is 0. The molecule has 0 amide bonds. The van der Waals surface area contributed by atoms with E-state index in [2.05, 4.69) is 2.23 Å². The van der Waals surface area contributed by atoms with Gasteiger partial charge in [0.1, 0.15) is 0 Å². The van der Waals surface area contributed by atoms with E-state index in [1.54, 1.807) is 0 Å². The predicted octanol–water partition coefficient (Wildman–Crippen LogP) is -1.52. The molecule has 0 radical (unpaired) electrons. The molecule has 7 heteroatoms. The topological polar surface area (TPSA) is 102 Å². The Morgan fingerprint density at radius 3 is 1.71 bits per heavy atom. The number of hydrogen-bond acceptors (Lipinski definition) is 3. The molecule has 7 heavy (non-hydrogen) atoms. The Morgan fingerprint density at radius 2 is 1.71 bits per heavy atom. The molecular formula is H5AsAuNO4. The van der Waals surface area contributed by atoms with Crippen molar-refractivity contribution in [2.45, 2.75) is 0 Å². The molecule has 0 bridgehead atoms. The van der Waals surface area contributed by atoms with Gasteiger partial charge in [-0.2, -0.15) is 0 Å². The summed E-state index contributed by atoms with van der Waals surface area (Å²) < 4.78 is 28.7. The molecule has 0 aliphatic rings. The Kier molecular flexibility index (Phi) is 6.01. The van der Waals surface area contributed by atoms with Crippen LogP contribution < -0.4 is 6.15 Å². The van der Waals surface area contributed by atoms with Gasteiger partial charge in [0.15, 0.2) is 0 Å². The summed E-state index contributed by atoms with van der Waals surface area (Å²) >= 11 is -3.37. The summed E-state index contributed by atoms with van der Waals surface area (Å²) in [6, 6.07) is 0. The van der Waals surface area contributed by atoms with Crippen LogP contribution in [0.5, 0.6) is 0 Å². The van der Waals surface area contributed by atoms with Crippen LogP contribution in [0, 0.1) is 0 Å². The summed E-state index contributed by atoms with van der Waals surface area (Å²) in [5, 5.41) is 0. The maximum atomic E-state index is 9.52. The molecular weight excluding hydrogens is 350 g/mol. The SMILES string of the molecule is N.O=[As](O)(O)[O][Au]. The van der Waals surface area contributed by atoms with Gasteiger partial charge in [0.25, 0.3) is 0 Å².